The van der Waals surface area contributed by atoms with Gasteiger partial charge in [0, 0.05) is 11.9 Å². The molecule has 0 aliphatic carbocycles. The number of rotatable bonds is 4. The van der Waals surface area contributed by atoms with Crippen LogP contribution in [0.5, 0.6) is 0 Å². The minimum absolute atomic E-state index is 0.218. The van der Waals surface area contributed by atoms with Crippen LogP contribution in [-0.4, -0.2) is 26.8 Å². The average molecular weight is 273 g/mol. The summed E-state index contributed by atoms with van der Waals surface area (Å²) in [5.74, 6) is -1.42. The fraction of sp³-hybridized carbons (Fsp3) is 0.214. The van der Waals surface area contributed by atoms with Gasteiger partial charge in [-0.1, -0.05) is 18.2 Å². The van der Waals surface area contributed by atoms with Gasteiger partial charge >= 0.3 is 5.97 Å². The van der Waals surface area contributed by atoms with E-state index in [9.17, 15) is 9.59 Å². The molecule has 2 aromatic rings. The molecule has 1 heterocycles. The monoisotopic (exact) mass is 273 g/mol. The van der Waals surface area contributed by atoms with Crippen molar-refractivity contribution in [3.05, 3.63) is 47.3 Å². The van der Waals surface area contributed by atoms with Crippen molar-refractivity contribution in [2.75, 3.05) is 5.32 Å². The van der Waals surface area contributed by atoms with E-state index in [0.29, 0.717) is 0 Å². The van der Waals surface area contributed by atoms with Gasteiger partial charge in [0.1, 0.15) is 12.2 Å². The lowest BCUT2D eigenvalue weighted by Gasteiger charge is -2.11. The Morgan fingerprint density at radius 2 is 1.90 bits per heavy atom. The molecule has 0 unspecified atom stereocenters. The van der Waals surface area contributed by atoms with Crippen LogP contribution in [0.1, 0.15) is 21.6 Å². The third-order valence-corrected chi connectivity index (χ3v) is 2.95. The molecule has 104 valence electrons. The van der Waals surface area contributed by atoms with Crippen molar-refractivity contribution in [1.29, 1.82) is 0 Å². The molecular weight excluding hydrogens is 258 g/mol. The van der Waals surface area contributed by atoms with Crippen molar-refractivity contribution in [2.24, 2.45) is 0 Å². The number of anilines is 1. The second-order valence-electron chi connectivity index (χ2n) is 4.49. The third kappa shape index (κ3) is 2.85. The summed E-state index contributed by atoms with van der Waals surface area (Å²) >= 11 is 0. The third-order valence-electron chi connectivity index (χ3n) is 2.95. The topological polar surface area (TPSA) is 84.2 Å². The molecule has 2 rings (SSSR count). The van der Waals surface area contributed by atoms with E-state index in [1.165, 1.54) is 12.3 Å². The van der Waals surface area contributed by atoms with Crippen molar-refractivity contribution in [3.63, 3.8) is 0 Å². The molecule has 6 heteroatoms. The predicted octanol–water partition coefficient (Wildman–Crippen LogP) is 1.84. The van der Waals surface area contributed by atoms with E-state index in [2.05, 4.69) is 10.4 Å². The second kappa shape index (κ2) is 5.56. The van der Waals surface area contributed by atoms with E-state index in [4.69, 9.17) is 5.11 Å². The summed E-state index contributed by atoms with van der Waals surface area (Å²) in [4.78, 5) is 22.9. The van der Waals surface area contributed by atoms with Crippen LogP contribution >= 0.6 is 0 Å². The summed E-state index contributed by atoms with van der Waals surface area (Å²) in [5.41, 5.74) is 2.85. The van der Waals surface area contributed by atoms with E-state index in [1.807, 2.05) is 32.0 Å². The highest BCUT2D eigenvalue weighted by Crippen LogP contribution is 2.20. The number of benzene rings is 1. The Balaban J connectivity index is 2.25. The maximum Gasteiger partial charge on any atom is 0.325 e. The number of aryl methyl sites for hydroxylation is 2. The summed E-state index contributed by atoms with van der Waals surface area (Å²) in [7, 11) is 0. The molecule has 1 amide bonds. The molecule has 0 aliphatic rings. The van der Waals surface area contributed by atoms with E-state index >= 15 is 0 Å². The summed E-state index contributed by atoms with van der Waals surface area (Å²) in [6.07, 6.45) is 1.41. The molecule has 2 N–H and O–H groups in total. The van der Waals surface area contributed by atoms with Gasteiger partial charge in [0.05, 0.1) is 0 Å². The average Bonchev–Trinajstić information content (AvgIpc) is 2.81. The Hall–Kier alpha value is -2.63. The summed E-state index contributed by atoms with van der Waals surface area (Å²) in [6, 6.07) is 7.20. The zero-order chi connectivity index (χ0) is 14.7. The van der Waals surface area contributed by atoms with Crippen LogP contribution in [0.15, 0.2) is 30.5 Å². The fourth-order valence-corrected chi connectivity index (χ4v) is 1.97. The maximum absolute atomic E-state index is 12.2. The predicted molar refractivity (Wildman–Crippen MR) is 73.7 cm³/mol. The standard InChI is InChI=1S/C14H15N3O3/c1-9-4-3-5-10(2)13(9)16-14(20)11-6-7-15-17(11)8-12(18)19/h3-7H,8H2,1-2H3,(H,16,20)(H,18,19). The molecule has 0 aliphatic heterocycles. The van der Waals surface area contributed by atoms with E-state index in [0.717, 1.165) is 21.5 Å². The second-order valence-corrected chi connectivity index (χ2v) is 4.49. The molecule has 1 aromatic heterocycles. The number of aliphatic carboxylic acids is 1. The van der Waals surface area contributed by atoms with E-state index in [1.54, 1.807) is 0 Å². The lowest BCUT2D eigenvalue weighted by atomic mass is 10.1. The number of nitrogens with zero attached hydrogens (tertiary/aromatic N) is 2. The van der Waals surface area contributed by atoms with Crippen LogP contribution in [0.3, 0.4) is 0 Å². The molecule has 1 aromatic carbocycles. The molecule has 0 radical (unpaired) electrons. The van der Waals surface area contributed by atoms with Crippen molar-refractivity contribution < 1.29 is 14.7 Å². The van der Waals surface area contributed by atoms with Crippen molar-refractivity contribution >= 4 is 17.6 Å². The van der Waals surface area contributed by atoms with Gasteiger partial charge in [-0.15, -0.1) is 0 Å². The first-order chi connectivity index (χ1) is 9.49. The molecule has 0 fully saturated rings. The summed E-state index contributed by atoms with van der Waals surface area (Å²) in [6.45, 7) is 3.46. The van der Waals surface area contributed by atoms with E-state index < -0.39 is 5.97 Å². The van der Waals surface area contributed by atoms with Gasteiger partial charge in [-0.2, -0.15) is 5.10 Å². The molecule has 0 saturated carbocycles. The van der Waals surface area contributed by atoms with Gasteiger partial charge in [-0.05, 0) is 31.0 Å². The number of carboxylic acid groups (broad SMARTS) is 1. The Labute approximate surface area is 116 Å². The van der Waals surface area contributed by atoms with Crippen molar-refractivity contribution in [2.45, 2.75) is 20.4 Å². The van der Waals surface area contributed by atoms with Crippen LogP contribution in [0.2, 0.25) is 0 Å². The minimum Gasteiger partial charge on any atom is -0.480 e. The number of aromatic nitrogens is 2. The number of amides is 1. The van der Waals surface area contributed by atoms with Crippen LogP contribution in [0.4, 0.5) is 5.69 Å². The SMILES string of the molecule is Cc1cccc(C)c1NC(=O)c1ccnn1CC(=O)O. The van der Waals surface area contributed by atoms with Crippen molar-refractivity contribution in [1.82, 2.24) is 9.78 Å². The van der Waals surface area contributed by atoms with Gasteiger partial charge in [-0.25, -0.2) is 4.68 Å². The lowest BCUT2D eigenvalue weighted by molar-refractivity contribution is -0.137. The first-order valence-corrected chi connectivity index (χ1v) is 6.10. The zero-order valence-corrected chi connectivity index (χ0v) is 11.3. The molecule has 20 heavy (non-hydrogen) atoms. The lowest BCUT2D eigenvalue weighted by Crippen LogP contribution is -2.21. The van der Waals surface area contributed by atoms with Gasteiger partial charge in [-0.3, -0.25) is 9.59 Å². The highest BCUT2D eigenvalue weighted by atomic mass is 16.4. The first kappa shape index (κ1) is 13.8. The molecular formula is C14H15N3O3. The Bertz CT molecular complexity index is 641. The van der Waals surface area contributed by atoms with Gasteiger partial charge in [0.25, 0.3) is 5.91 Å². The Morgan fingerprint density at radius 1 is 1.25 bits per heavy atom. The maximum atomic E-state index is 12.2. The van der Waals surface area contributed by atoms with E-state index in [-0.39, 0.29) is 18.1 Å². The first-order valence-electron chi connectivity index (χ1n) is 6.10. The quantitative estimate of drug-likeness (QED) is 0.890. The van der Waals surface area contributed by atoms with Crippen LogP contribution in [0.25, 0.3) is 0 Å². The van der Waals surface area contributed by atoms with Crippen LogP contribution in [-0.2, 0) is 11.3 Å². The van der Waals surface area contributed by atoms with Crippen LogP contribution in [0, 0.1) is 13.8 Å². The highest BCUT2D eigenvalue weighted by Gasteiger charge is 2.15. The van der Waals surface area contributed by atoms with Gasteiger partial charge < -0.3 is 10.4 Å². The number of hydrogen-bond donors (Lipinski definition) is 2. The highest BCUT2D eigenvalue weighted by molar-refractivity contribution is 6.04. The molecule has 0 bridgehead atoms. The number of nitrogens with one attached hydrogen (secondary N) is 1. The zero-order valence-electron chi connectivity index (χ0n) is 11.3. The smallest absolute Gasteiger partial charge is 0.325 e. The van der Waals surface area contributed by atoms with Crippen molar-refractivity contribution in [3.8, 4) is 0 Å². The number of carbonyl (C=O) groups excluding carboxylic acids is 1. The Morgan fingerprint density at radius 3 is 2.50 bits per heavy atom. The molecule has 0 spiro atoms. The number of carbonyl (C=O) groups is 2. The normalized spacial score (nSPS) is 10.3. The van der Waals surface area contributed by atoms with Gasteiger partial charge in [0.15, 0.2) is 0 Å². The largest absolute Gasteiger partial charge is 0.480 e. The molecule has 6 nitrogen and oxygen atoms in total. The fourth-order valence-electron chi connectivity index (χ4n) is 1.97. The minimum atomic E-state index is -1.05. The number of hydrogen-bond acceptors (Lipinski definition) is 3. The molecule has 0 atom stereocenters. The number of carboxylic acids is 1. The van der Waals surface area contributed by atoms with Crippen LogP contribution < -0.4 is 5.32 Å². The van der Waals surface area contributed by atoms with Gasteiger partial charge in [0.2, 0.25) is 0 Å². The molecule has 0 saturated heterocycles. The number of para-hydroxylation sites is 1. The summed E-state index contributed by atoms with van der Waals surface area (Å²) < 4.78 is 1.16. The Kier molecular flexibility index (Phi) is 3.84. The summed E-state index contributed by atoms with van der Waals surface area (Å²) in [5, 5.41) is 15.4.